The molecule has 114 valence electrons. The molecule has 1 aliphatic rings. The monoisotopic (exact) mass is 292 g/mol. The van der Waals surface area contributed by atoms with Gasteiger partial charge in [0.15, 0.2) is 0 Å². The molecule has 2 atom stereocenters. The summed E-state index contributed by atoms with van der Waals surface area (Å²) in [6, 6.07) is 2.82. The number of hydrogen-bond acceptors (Lipinski definition) is 4. The summed E-state index contributed by atoms with van der Waals surface area (Å²) in [6.45, 7) is 6.63. The van der Waals surface area contributed by atoms with Gasteiger partial charge in [0.2, 0.25) is 0 Å². The highest BCUT2D eigenvalue weighted by Crippen LogP contribution is 2.42. The number of nitrogens with zero attached hydrogens (tertiary/aromatic N) is 1. The molecule has 0 spiro atoms. The fourth-order valence-corrected chi connectivity index (χ4v) is 2.60. The molecule has 1 saturated carbocycles. The number of ether oxygens (including phenoxy) is 1. The Hall–Kier alpha value is -1.95. The van der Waals surface area contributed by atoms with Crippen molar-refractivity contribution in [2.45, 2.75) is 39.3 Å². The molecule has 0 aromatic carbocycles. The van der Waals surface area contributed by atoms with Gasteiger partial charge in [-0.25, -0.2) is 4.79 Å². The fraction of sp³-hybridized carbons (Fsp3) is 0.533. The molecule has 1 fully saturated rings. The van der Waals surface area contributed by atoms with Crippen molar-refractivity contribution in [2.75, 3.05) is 6.61 Å². The van der Waals surface area contributed by atoms with E-state index in [0.717, 1.165) is 6.42 Å². The van der Waals surface area contributed by atoms with Crippen LogP contribution in [0.3, 0.4) is 0 Å². The molecule has 0 saturated heterocycles. The first-order valence-electron chi connectivity index (χ1n) is 6.98. The highest BCUT2D eigenvalue weighted by atomic mass is 16.5. The van der Waals surface area contributed by atoms with E-state index in [1.807, 2.05) is 20.8 Å². The quantitative estimate of drug-likeness (QED) is 0.862. The van der Waals surface area contributed by atoms with Crippen LogP contribution in [0.1, 0.15) is 48.0 Å². The first-order chi connectivity index (χ1) is 9.87. The number of hydrogen-bond donors (Lipinski definition) is 2. The summed E-state index contributed by atoms with van der Waals surface area (Å²) in [5.41, 5.74) is -0.321. The molecular weight excluding hydrogens is 272 g/mol. The van der Waals surface area contributed by atoms with E-state index >= 15 is 0 Å². The molecule has 2 N–H and O–H groups in total. The molecule has 1 amide bonds. The number of carbonyl (C=O) groups is 2. The Bertz CT molecular complexity index is 556. The summed E-state index contributed by atoms with van der Waals surface area (Å²) >= 11 is 0. The Labute approximate surface area is 123 Å². The average molecular weight is 292 g/mol. The third-order valence-electron chi connectivity index (χ3n) is 4.10. The summed E-state index contributed by atoms with van der Waals surface area (Å²) in [5, 5.41) is 12.0. The van der Waals surface area contributed by atoms with Gasteiger partial charge in [0.05, 0.1) is 11.7 Å². The van der Waals surface area contributed by atoms with Gasteiger partial charge in [0.1, 0.15) is 5.69 Å². The maximum atomic E-state index is 12.2. The van der Waals surface area contributed by atoms with Crippen LogP contribution >= 0.6 is 0 Å². The molecule has 21 heavy (non-hydrogen) atoms. The van der Waals surface area contributed by atoms with E-state index < -0.39 is 11.9 Å². The third kappa shape index (κ3) is 2.90. The average Bonchev–Trinajstić information content (AvgIpc) is 2.46. The van der Waals surface area contributed by atoms with E-state index in [2.05, 4.69) is 10.3 Å². The summed E-state index contributed by atoms with van der Waals surface area (Å²) in [5.74, 6) is -1.62. The lowest BCUT2D eigenvalue weighted by atomic mass is 9.64. The van der Waals surface area contributed by atoms with Crippen molar-refractivity contribution in [1.82, 2.24) is 10.3 Å². The number of rotatable bonds is 5. The molecule has 1 heterocycles. The lowest BCUT2D eigenvalue weighted by Gasteiger charge is -2.51. The zero-order chi connectivity index (χ0) is 15.6. The van der Waals surface area contributed by atoms with E-state index in [4.69, 9.17) is 9.84 Å². The molecule has 6 heteroatoms. The second-order valence-electron chi connectivity index (χ2n) is 5.73. The molecular formula is C15H20N2O4. The highest BCUT2D eigenvalue weighted by Gasteiger charge is 2.49. The molecule has 0 bridgehead atoms. The minimum atomic E-state index is -1.16. The minimum absolute atomic E-state index is 0.0507. The van der Waals surface area contributed by atoms with Crippen LogP contribution in [0, 0.1) is 5.41 Å². The SMILES string of the molecule is CCOC1CC(NC(=O)c2ncccc2C(=O)O)C1(C)C. The summed E-state index contributed by atoms with van der Waals surface area (Å²) in [6.07, 6.45) is 2.24. The predicted molar refractivity (Wildman–Crippen MR) is 76.3 cm³/mol. The van der Waals surface area contributed by atoms with Gasteiger partial charge in [-0.2, -0.15) is 0 Å². The second kappa shape index (κ2) is 5.81. The third-order valence-corrected chi connectivity index (χ3v) is 4.10. The second-order valence-corrected chi connectivity index (χ2v) is 5.73. The normalized spacial score (nSPS) is 23.2. The molecule has 1 aromatic heterocycles. The van der Waals surface area contributed by atoms with Crippen molar-refractivity contribution in [3.05, 3.63) is 29.6 Å². The molecule has 0 radical (unpaired) electrons. The van der Waals surface area contributed by atoms with Crippen molar-refractivity contribution >= 4 is 11.9 Å². The van der Waals surface area contributed by atoms with Gasteiger partial charge < -0.3 is 15.2 Å². The van der Waals surface area contributed by atoms with Gasteiger partial charge in [-0.3, -0.25) is 9.78 Å². The number of aromatic carboxylic acids is 1. The van der Waals surface area contributed by atoms with Crippen LogP contribution in [0.15, 0.2) is 18.3 Å². The summed E-state index contributed by atoms with van der Waals surface area (Å²) in [4.78, 5) is 27.3. The Kier molecular flexibility index (Phi) is 4.27. The number of pyridine rings is 1. The van der Waals surface area contributed by atoms with E-state index in [0.29, 0.717) is 6.61 Å². The maximum absolute atomic E-state index is 12.2. The zero-order valence-corrected chi connectivity index (χ0v) is 12.4. The van der Waals surface area contributed by atoms with Crippen molar-refractivity contribution < 1.29 is 19.4 Å². The first kappa shape index (κ1) is 15.4. The molecule has 2 unspecified atom stereocenters. The lowest BCUT2D eigenvalue weighted by Crippen LogP contribution is -2.62. The van der Waals surface area contributed by atoms with Crippen LogP contribution in [-0.4, -0.2) is 40.7 Å². The van der Waals surface area contributed by atoms with Crippen molar-refractivity contribution in [3.63, 3.8) is 0 Å². The van der Waals surface area contributed by atoms with Crippen molar-refractivity contribution in [3.8, 4) is 0 Å². The topological polar surface area (TPSA) is 88.5 Å². The van der Waals surface area contributed by atoms with Gasteiger partial charge >= 0.3 is 5.97 Å². The standard InChI is InChI=1S/C15H20N2O4/c1-4-21-11-8-10(15(11,2)3)17-13(18)12-9(14(19)20)6-5-7-16-12/h5-7,10-11H,4,8H2,1-3H3,(H,17,18)(H,19,20). The van der Waals surface area contributed by atoms with Crippen molar-refractivity contribution in [1.29, 1.82) is 0 Å². The van der Waals surface area contributed by atoms with Gasteiger partial charge in [0, 0.05) is 24.3 Å². The summed E-state index contributed by atoms with van der Waals surface area (Å²) < 4.78 is 5.61. The number of carboxylic acid groups (broad SMARTS) is 1. The van der Waals surface area contributed by atoms with Gasteiger partial charge in [-0.15, -0.1) is 0 Å². The Morgan fingerprint density at radius 3 is 2.81 bits per heavy atom. The Balaban J connectivity index is 2.09. The number of aromatic nitrogens is 1. The van der Waals surface area contributed by atoms with Crippen LogP contribution in [0.25, 0.3) is 0 Å². The van der Waals surface area contributed by atoms with Crippen LogP contribution < -0.4 is 5.32 Å². The molecule has 1 aliphatic carbocycles. The Morgan fingerprint density at radius 1 is 1.52 bits per heavy atom. The number of carbonyl (C=O) groups excluding carboxylic acids is 1. The van der Waals surface area contributed by atoms with Crippen LogP contribution in [0.5, 0.6) is 0 Å². The first-order valence-corrected chi connectivity index (χ1v) is 6.98. The summed E-state index contributed by atoms with van der Waals surface area (Å²) in [7, 11) is 0. The molecule has 6 nitrogen and oxygen atoms in total. The Morgan fingerprint density at radius 2 is 2.24 bits per heavy atom. The smallest absolute Gasteiger partial charge is 0.338 e. The van der Waals surface area contributed by atoms with E-state index in [-0.39, 0.29) is 28.8 Å². The number of amides is 1. The molecule has 0 aliphatic heterocycles. The predicted octanol–water partition coefficient (Wildman–Crippen LogP) is 1.71. The molecule has 2 rings (SSSR count). The van der Waals surface area contributed by atoms with Crippen LogP contribution in [-0.2, 0) is 4.74 Å². The van der Waals surface area contributed by atoms with Gasteiger partial charge in [-0.1, -0.05) is 13.8 Å². The maximum Gasteiger partial charge on any atom is 0.338 e. The zero-order valence-electron chi connectivity index (χ0n) is 12.4. The minimum Gasteiger partial charge on any atom is -0.478 e. The van der Waals surface area contributed by atoms with Gasteiger partial charge in [0.25, 0.3) is 5.91 Å². The highest BCUT2D eigenvalue weighted by molar-refractivity contribution is 6.03. The fourth-order valence-electron chi connectivity index (χ4n) is 2.60. The molecule has 1 aromatic rings. The van der Waals surface area contributed by atoms with Crippen LogP contribution in [0.4, 0.5) is 0 Å². The van der Waals surface area contributed by atoms with Crippen LogP contribution in [0.2, 0.25) is 0 Å². The number of nitrogens with one attached hydrogen (secondary N) is 1. The van der Waals surface area contributed by atoms with Gasteiger partial charge in [-0.05, 0) is 25.5 Å². The van der Waals surface area contributed by atoms with E-state index in [1.54, 1.807) is 0 Å². The number of carboxylic acids is 1. The van der Waals surface area contributed by atoms with Crippen molar-refractivity contribution in [2.24, 2.45) is 5.41 Å². The van der Waals surface area contributed by atoms with E-state index in [9.17, 15) is 9.59 Å². The lowest BCUT2D eigenvalue weighted by molar-refractivity contribution is -0.111. The largest absolute Gasteiger partial charge is 0.478 e. The van der Waals surface area contributed by atoms with E-state index in [1.165, 1.54) is 18.3 Å².